The fourth-order valence-corrected chi connectivity index (χ4v) is 3.16. The highest BCUT2D eigenvalue weighted by molar-refractivity contribution is 7.18. The molecule has 0 saturated heterocycles. The number of halogens is 1. The molecule has 0 aliphatic rings. The van der Waals surface area contributed by atoms with Crippen molar-refractivity contribution < 1.29 is 4.79 Å². The summed E-state index contributed by atoms with van der Waals surface area (Å²) >= 11 is 7.36. The van der Waals surface area contributed by atoms with E-state index < -0.39 is 0 Å². The van der Waals surface area contributed by atoms with Crippen molar-refractivity contribution in [3.05, 3.63) is 58.1 Å². The number of ketones is 1. The molecule has 0 unspecified atom stereocenters. The van der Waals surface area contributed by atoms with Crippen LogP contribution in [-0.4, -0.2) is 10.8 Å². The van der Waals surface area contributed by atoms with Crippen LogP contribution in [0, 0.1) is 0 Å². The maximum atomic E-state index is 12.3. The maximum Gasteiger partial charge on any atom is 0.171 e. The quantitative estimate of drug-likeness (QED) is 0.588. The summed E-state index contributed by atoms with van der Waals surface area (Å²) in [6.45, 7) is 0. The first-order valence-electron chi connectivity index (χ1n) is 6.06. The highest BCUT2D eigenvalue weighted by Gasteiger charge is 2.13. The average Bonchev–Trinajstić information content (AvgIpc) is 2.80. The second-order valence-electron chi connectivity index (χ2n) is 4.41. The summed E-state index contributed by atoms with van der Waals surface area (Å²) in [4.78, 5) is 16.7. The first-order valence-corrected chi connectivity index (χ1v) is 7.25. The molecule has 0 saturated carbocycles. The third kappa shape index (κ3) is 2.53. The number of fused-ring (bicyclic) bond motifs is 1. The number of benzene rings is 2. The summed E-state index contributed by atoms with van der Waals surface area (Å²) in [6, 6.07) is 12.8. The van der Waals surface area contributed by atoms with E-state index in [1.54, 1.807) is 18.2 Å². The number of nitrogens with zero attached hydrogens (tertiary/aromatic N) is 1. The molecule has 0 aliphatic carbocycles. The molecule has 0 spiro atoms. The fraction of sp³-hybridized carbons (Fsp3) is 0.0667. The van der Waals surface area contributed by atoms with Gasteiger partial charge in [-0.05, 0) is 30.3 Å². The summed E-state index contributed by atoms with van der Waals surface area (Å²) in [5, 5.41) is 1.32. The number of nitrogen functional groups attached to an aromatic ring is 1. The fourth-order valence-electron chi connectivity index (χ4n) is 2.02. The van der Waals surface area contributed by atoms with Gasteiger partial charge in [-0.1, -0.05) is 23.7 Å². The van der Waals surface area contributed by atoms with Crippen molar-refractivity contribution in [1.82, 2.24) is 4.98 Å². The van der Waals surface area contributed by atoms with Crippen LogP contribution >= 0.6 is 22.9 Å². The predicted octanol–water partition coefficient (Wildman–Crippen LogP) is 3.96. The van der Waals surface area contributed by atoms with Gasteiger partial charge in [0.1, 0.15) is 5.01 Å². The van der Waals surface area contributed by atoms with Gasteiger partial charge in [0.25, 0.3) is 0 Å². The Morgan fingerprint density at radius 3 is 2.80 bits per heavy atom. The number of para-hydroxylation sites is 1. The standard InChI is InChI=1S/C15H11ClN2OS/c16-9-5-6-10(11(17)7-9)13(19)8-15-18-12-3-1-2-4-14(12)20-15/h1-7H,8,17H2. The van der Waals surface area contributed by atoms with Gasteiger partial charge in [-0.25, -0.2) is 4.98 Å². The van der Waals surface area contributed by atoms with E-state index in [9.17, 15) is 4.79 Å². The van der Waals surface area contributed by atoms with Gasteiger partial charge in [0.2, 0.25) is 0 Å². The van der Waals surface area contributed by atoms with E-state index in [1.807, 2.05) is 24.3 Å². The molecule has 0 radical (unpaired) electrons. The van der Waals surface area contributed by atoms with Gasteiger partial charge in [0.05, 0.1) is 16.6 Å². The van der Waals surface area contributed by atoms with Crippen LogP contribution in [0.15, 0.2) is 42.5 Å². The van der Waals surface area contributed by atoms with Gasteiger partial charge >= 0.3 is 0 Å². The minimum absolute atomic E-state index is 0.0433. The summed E-state index contributed by atoms with van der Waals surface area (Å²) in [5.74, 6) is -0.0433. The number of aromatic nitrogens is 1. The summed E-state index contributed by atoms with van der Waals surface area (Å²) in [6.07, 6.45) is 0.255. The highest BCUT2D eigenvalue weighted by atomic mass is 35.5. The molecule has 0 bridgehead atoms. The second kappa shape index (κ2) is 5.23. The summed E-state index contributed by atoms with van der Waals surface area (Å²) in [5.41, 5.74) is 7.65. The number of carbonyl (C=O) groups is 1. The zero-order chi connectivity index (χ0) is 14.1. The van der Waals surface area contributed by atoms with E-state index in [0.717, 1.165) is 15.2 Å². The van der Waals surface area contributed by atoms with E-state index in [0.29, 0.717) is 16.3 Å². The number of rotatable bonds is 3. The van der Waals surface area contributed by atoms with Crippen molar-refractivity contribution in [2.45, 2.75) is 6.42 Å². The first-order chi connectivity index (χ1) is 9.63. The van der Waals surface area contributed by atoms with Crippen LogP contribution in [0.25, 0.3) is 10.2 Å². The third-order valence-electron chi connectivity index (χ3n) is 2.96. The molecule has 1 aromatic heterocycles. The van der Waals surface area contributed by atoms with Crippen LogP contribution in [0.1, 0.15) is 15.4 Å². The van der Waals surface area contributed by atoms with Crippen molar-refractivity contribution in [3.63, 3.8) is 0 Å². The Morgan fingerprint density at radius 2 is 2.05 bits per heavy atom. The van der Waals surface area contributed by atoms with Crippen molar-refractivity contribution in [1.29, 1.82) is 0 Å². The van der Waals surface area contributed by atoms with Crippen LogP contribution in [-0.2, 0) is 6.42 Å². The monoisotopic (exact) mass is 302 g/mol. The average molecular weight is 303 g/mol. The molecule has 3 nitrogen and oxygen atoms in total. The number of nitrogens with two attached hydrogens (primary N) is 1. The van der Waals surface area contributed by atoms with Crippen LogP contribution in [0.4, 0.5) is 5.69 Å². The van der Waals surface area contributed by atoms with E-state index >= 15 is 0 Å². The van der Waals surface area contributed by atoms with E-state index in [2.05, 4.69) is 4.98 Å². The molecule has 0 amide bonds. The van der Waals surface area contributed by atoms with Gasteiger partial charge in [-0.3, -0.25) is 4.79 Å². The van der Waals surface area contributed by atoms with E-state index in [4.69, 9.17) is 17.3 Å². The van der Waals surface area contributed by atoms with Crippen LogP contribution < -0.4 is 5.73 Å². The van der Waals surface area contributed by atoms with Crippen molar-refractivity contribution >= 4 is 44.6 Å². The van der Waals surface area contributed by atoms with E-state index in [1.165, 1.54) is 11.3 Å². The number of hydrogen-bond acceptors (Lipinski definition) is 4. The summed E-state index contributed by atoms with van der Waals surface area (Å²) in [7, 11) is 0. The lowest BCUT2D eigenvalue weighted by Gasteiger charge is -2.03. The van der Waals surface area contributed by atoms with Crippen LogP contribution in [0.3, 0.4) is 0 Å². The smallest absolute Gasteiger partial charge is 0.171 e. The third-order valence-corrected chi connectivity index (χ3v) is 4.24. The molecule has 3 rings (SSSR count). The SMILES string of the molecule is Nc1cc(Cl)ccc1C(=O)Cc1nc2ccccc2s1. The minimum atomic E-state index is -0.0433. The maximum absolute atomic E-state index is 12.3. The lowest BCUT2D eigenvalue weighted by molar-refractivity contribution is 0.0994. The van der Waals surface area contributed by atoms with Crippen LogP contribution in [0.2, 0.25) is 5.02 Å². The largest absolute Gasteiger partial charge is 0.398 e. The number of Topliss-reactive ketones (excluding diaryl/α,β-unsaturated/α-hetero) is 1. The molecule has 2 aromatic carbocycles. The van der Waals surface area contributed by atoms with Crippen molar-refractivity contribution in [2.24, 2.45) is 0 Å². The van der Waals surface area contributed by atoms with Gasteiger partial charge in [-0.15, -0.1) is 11.3 Å². The normalized spacial score (nSPS) is 10.8. The molecule has 0 aliphatic heterocycles. The molecular formula is C15H11ClN2OS. The molecule has 1 heterocycles. The molecule has 0 fully saturated rings. The van der Waals surface area contributed by atoms with Crippen molar-refractivity contribution in [3.8, 4) is 0 Å². The number of carbonyl (C=O) groups excluding carboxylic acids is 1. The Bertz CT molecular complexity index is 764. The highest BCUT2D eigenvalue weighted by Crippen LogP contribution is 2.24. The van der Waals surface area contributed by atoms with Gasteiger partial charge in [0, 0.05) is 16.3 Å². The van der Waals surface area contributed by atoms with Crippen LogP contribution in [0.5, 0.6) is 0 Å². The van der Waals surface area contributed by atoms with E-state index in [-0.39, 0.29) is 12.2 Å². The van der Waals surface area contributed by atoms with Crippen molar-refractivity contribution in [2.75, 3.05) is 5.73 Å². The molecule has 5 heteroatoms. The lowest BCUT2D eigenvalue weighted by Crippen LogP contribution is -2.06. The molecule has 3 aromatic rings. The number of anilines is 1. The Kier molecular flexibility index (Phi) is 3.42. The Labute approximate surface area is 125 Å². The lowest BCUT2D eigenvalue weighted by atomic mass is 10.1. The topological polar surface area (TPSA) is 56.0 Å². The van der Waals surface area contributed by atoms with Gasteiger partial charge < -0.3 is 5.73 Å². The molecule has 2 N–H and O–H groups in total. The summed E-state index contributed by atoms with van der Waals surface area (Å²) < 4.78 is 1.08. The van der Waals surface area contributed by atoms with Gasteiger partial charge in [-0.2, -0.15) is 0 Å². The van der Waals surface area contributed by atoms with Gasteiger partial charge in [0.15, 0.2) is 5.78 Å². The molecule has 0 atom stereocenters. The predicted molar refractivity (Wildman–Crippen MR) is 83.5 cm³/mol. The second-order valence-corrected chi connectivity index (χ2v) is 5.96. The first kappa shape index (κ1) is 13.1. The molecule has 100 valence electrons. The Balaban J connectivity index is 1.88. The minimum Gasteiger partial charge on any atom is -0.398 e. The number of hydrogen-bond donors (Lipinski definition) is 1. The molecular weight excluding hydrogens is 292 g/mol. The number of thiazole rings is 1. The zero-order valence-corrected chi connectivity index (χ0v) is 12.0. The zero-order valence-electron chi connectivity index (χ0n) is 10.5. The Morgan fingerprint density at radius 1 is 1.25 bits per heavy atom. The molecule has 20 heavy (non-hydrogen) atoms. The Hall–Kier alpha value is -1.91.